The molecule has 1 aromatic heterocycles. The molecule has 0 saturated carbocycles. The van der Waals surface area contributed by atoms with Gasteiger partial charge in [0.1, 0.15) is 17.3 Å². The minimum absolute atomic E-state index is 0.0283. The van der Waals surface area contributed by atoms with Gasteiger partial charge in [-0.2, -0.15) is 0 Å². The van der Waals surface area contributed by atoms with Crippen LogP contribution in [0.2, 0.25) is 5.22 Å². The first-order valence-corrected chi connectivity index (χ1v) is 8.54. The highest BCUT2D eigenvalue weighted by Gasteiger charge is 2.28. The molecule has 0 bridgehead atoms. The van der Waals surface area contributed by atoms with Crippen molar-refractivity contribution in [3.05, 3.63) is 58.5 Å². The Labute approximate surface area is 154 Å². The summed E-state index contributed by atoms with van der Waals surface area (Å²) in [6.07, 6.45) is 0.313. The summed E-state index contributed by atoms with van der Waals surface area (Å²) in [7, 11) is 0. The summed E-state index contributed by atoms with van der Waals surface area (Å²) in [5.41, 5.74) is 0.837. The summed E-state index contributed by atoms with van der Waals surface area (Å²) in [6.45, 7) is 1.98. The predicted molar refractivity (Wildman–Crippen MR) is 91.8 cm³/mol. The second-order valence-corrected chi connectivity index (χ2v) is 6.31. The summed E-state index contributed by atoms with van der Waals surface area (Å²) in [6, 6.07) is 6.61. The quantitative estimate of drug-likeness (QED) is 0.754. The summed E-state index contributed by atoms with van der Waals surface area (Å²) in [5, 5.41) is 4.23. The number of furan rings is 1. The third kappa shape index (κ3) is 4.22. The zero-order chi connectivity index (χ0) is 18.7. The fourth-order valence-corrected chi connectivity index (χ4v) is 2.87. The number of oxime groups is 1. The smallest absolute Gasteiger partial charge is 0.222 e. The van der Waals surface area contributed by atoms with Crippen molar-refractivity contribution in [2.24, 2.45) is 5.16 Å². The maximum atomic E-state index is 13.9. The molecule has 1 atom stereocenters. The van der Waals surface area contributed by atoms with E-state index in [1.165, 1.54) is 17.0 Å². The fourth-order valence-electron chi connectivity index (χ4n) is 2.72. The molecule has 1 amide bonds. The van der Waals surface area contributed by atoms with Crippen molar-refractivity contribution in [3.63, 3.8) is 0 Å². The molecule has 0 spiro atoms. The zero-order valence-corrected chi connectivity index (χ0v) is 14.8. The summed E-state index contributed by atoms with van der Waals surface area (Å²) < 4.78 is 32.3. The Morgan fingerprint density at radius 2 is 2.15 bits per heavy atom. The van der Waals surface area contributed by atoms with Crippen LogP contribution in [0.25, 0.3) is 0 Å². The molecule has 0 saturated heterocycles. The molecule has 8 heteroatoms. The number of benzene rings is 1. The van der Waals surface area contributed by atoms with Crippen LogP contribution in [0.1, 0.15) is 31.1 Å². The molecule has 5 nitrogen and oxygen atoms in total. The Morgan fingerprint density at radius 1 is 1.35 bits per heavy atom. The van der Waals surface area contributed by atoms with E-state index >= 15 is 0 Å². The van der Waals surface area contributed by atoms with Crippen LogP contribution in [0.15, 0.2) is 39.9 Å². The fraction of sp³-hybridized carbons (Fsp3) is 0.333. The maximum absolute atomic E-state index is 13.9. The average Bonchev–Trinajstić information content (AvgIpc) is 3.24. The van der Waals surface area contributed by atoms with E-state index < -0.39 is 11.6 Å². The number of rotatable bonds is 6. The molecule has 1 aliphatic rings. The molecule has 138 valence electrons. The van der Waals surface area contributed by atoms with Crippen LogP contribution in [0.4, 0.5) is 8.78 Å². The SMILES string of the molecule is CCC(=O)N(Cc1ccc(F)cc1F)C[C@H]1CC(c2ccc(Cl)o2)=NO1. The van der Waals surface area contributed by atoms with Gasteiger partial charge in [-0.3, -0.25) is 4.79 Å². The van der Waals surface area contributed by atoms with Gasteiger partial charge in [0.2, 0.25) is 5.91 Å². The van der Waals surface area contributed by atoms with Crippen molar-refractivity contribution >= 4 is 23.2 Å². The molecule has 0 unspecified atom stereocenters. The Balaban J connectivity index is 1.67. The standard InChI is InChI=1S/C18H17ClF2N2O3/c1-2-18(24)23(9-11-3-4-12(20)7-14(11)21)10-13-8-15(22-26-13)16-5-6-17(19)25-16/h3-7,13H,2,8-10H2,1H3/t13-/m1/s1. The van der Waals surface area contributed by atoms with E-state index in [1.807, 2.05) is 0 Å². The highest BCUT2D eigenvalue weighted by atomic mass is 35.5. The van der Waals surface area contributed by atoms with Crippen molar-refractivity contribution in [3.8, 4) is 0 Å². The van der Waals surface area contributed by atoms with Crippen LogP contribution >= 0.6 is 11.6 Å². The van der Waals surface area contributed by atoms with Crippen LogP contribution < -0.4 is 0 Å². The van der Waals surface area contributed by atoms with Crippen LogP contribution in [0.3, 0.4) is 0 Å². The van der Waals surface area contributed by atoms with Gasteiger partial charge in [0, 0.05) is 31.0 Å². The normalized spacial score (nSPS) is 16.3. The lowest BCUT2D eigenvalue weighted by molar-refractivity contribution is -0.133. The Hall–Kier alpha value is -2.41. The second-order valence-electron chi connectivity index (χ2n) is 5.94. The first-order valence-electron chi connectivity index (χ1n) is 8.16. The van der Waals surface area contributed by atoms with Gasteiger partial charge in [-0.1, -0.05) is 18.1 Å². The highest BCUT2D eigenvalue weighted by Crippen LogP contribution is 2.22. The zero-order valence-electron chi connectivity index (χ0n) is 14.0. The molecule has 26 heavy (non-hydrogen) atoms. The van der Waals surface area contributed by atoms with Gasteiger partial charge in [0.05, 0.1) is 6.54 Å². The topological polar surface area (TPSA) is 55.0 Å². The Bertz CT molecular complexity index is 838. The van der Waals surface area contributed by atoms with Gasteiger partial charge in [-0.25, -0.2) is 8.78 Å². The molecule has 3 rings (SSSR count). The lowest BCUT2D eigenvalue weighted by Gasteiger charge is -2.24. The average molecular weight is 383 g/mol. The van der Waals surface area contributed by atoms with Crippen molar-refractivity contribution in [1.29, 1.82) is 0 Å². The second kappa shape index (κ2) is 7.86. The van der Waals surface area contributed by atoms with E-state index in [2.05, 4.69) is 5.16 Å². The van der Waals surface area contributed by atoms with Crippen LogP contribution in [0, 0.1) is 11.6 Å². The van der Waals surface area contributed by atoms with Gasteiger partial charge in [-0.05, 0) is 29.8 Å². The van der Waals surface area contributed by atoms with Gasteiger partial charge in [0.25, 0.3) is 0 Å². The van der Waals surface area contributed by atoms with Crippen molar-refractivity contribution in [2.75, 3.05) is 6.54 Å². The predicted octanol–water partition coefficient (Wildman–Crippen LogP) is 4.14. The van der Waals surface area contributed by atoms with Gasteiger partial charge >= 0.3 is 0 Å². The van der Waals surface area contributed by atoms with E-state index in [1.54, 1.807) is 19.1 Å². The van der Waals surface area contributed by atoms with Gasteiger partial charge in [0.15, 0.2) is 17.1 Å². The van der Waals surface area contributed by atoms with Crippen LogP contribution in [-0.2, 0) is 16.2 Å². The summed E-state index contributed by atoms with van der Waals surface area (Å²) >= 11 is 5.76. The van der Waals surface area contributed by atoms with Crippen LogP contribution in [-0.4, -0.2) is 29.2 Å². The molecule has 1 aliphatic heterocycles. The number of carbonyl (C=O) groups excluding carboxylic acids is 1. The largest absolute Gasteiger partial charge is 0.443 e. The number of amides is 1. The van der Waals surface area contributed by atoms with E-state index in [4.69, 9.17) is 20.9 Å². The molecule has 0 radical (unpaired) electrons. The van der Waals surface area contributed by atoms with E-state index in [0.717, 1.165) is 6.07 Å². The molecular weight excluding hydrogens is 366 g/mol. The molecule has 0 N–H and O–H groups in total. The lowest BCUT2D eigenvalue weighted by Crippen LogP contribution is -2.37. The van der Waals surface area contributed by atoms with E-state index in [-0.39, 0.29) is 42.3 Å². The number of carbonyl (C=O) groups is 1. The number of nitrogens with zero attached hydrogens (tertiary/aromatic N) is 2. The molecular formula is C18H17ClF2N2O3. The number of hydrogen-bond donors (Lipinski definition) is 0. The lowest BCUT2D eigenvalue weighted by atomic mass is 10.1. The number of hydrogen-bond acceptors (Lipinski definition) is 4. The number of halogens is 3. The third-order valence-corrected chi connectivity index (χ3v) is 4.25. The van der Waals surface area contributed by atoms with Crippen molar-refractivity contribution in [1.82, 2.24) is 4.90 Å². The first-order chi connectivity index (χ1) is 12.5. The van der Waals surface area contributed by atoms with Gasteiger partial charge in [-0.15, -0.1) is 0 Å². The highest BCUT2D eigenvalue weighted by molar-refractivity contribution is 6.29. The van der Waals surface area contributed by atoms with Gasteiger partial charge < -0.3 is 14.2 Å². The molecule has 2 heterocycles. The third-order valence-electron chi connectivity index (χ3n) is 4.05. The molecule has 0 aliphatic carbocycles. The minimum Gasteiger partial charge on any atom is -0.443 e. The Kier molecular flexibility index (Phi) is 5.56. The monoisotopic (exact) mass is 382 g/mol. The maximum Gasteiger partial charge on any atom is 0.222 e. The van der Waals surface area contributed by atoms with Crippen molar-refractivity contribution < 1.29 is 22.8 Å². The molecule has 2 aromatic rings. The Morgan fingerprint density at radius 3 is 2.81 bits per heavy atom. The minimum atomic E-state index is -0.687. The van der Waals surface area contributed by atoms with E-state index in [9.17, 15) is 13.6 Å². The first kappa shape index (κ1) is 18.4. The summed E-state index contributed by atoms with van der Waals surface area (Å²) in [4.78, 5) is 19.1. The van der Waals surface area contributed by atoms with E-state index in [0.29, 0.717) is 17.9 Å². The molecule has 0 fully saturated rings. The van der Waals surface area contributed by atoms with Crippen LogP contribution in [0.5, 0.6) is 0 Å². The molecule has 1 aromatic carbocycles. The van der Waals surface area contributed by atoms with Crippen molar-refractivity contribution in [2.45, 2.75) is 32.4 Å². The summed E-state index contributed by atoms with van der Waals surface area (Å²) in [5.74, 6) is -0.996.